The fraction of sp³-hybridized carbons (Fsp3) is 0.118. The molecule has 2 aromatic rings. The molecule has 100 valence electrons. The summed E-state index contributed by atoms with van der Waals surface area (Å²) in [6, 6.07) is 17.3. The van der Waals surface area contributed by atoms with Gasteiger partial charge < -0.3 is 9.94 Å². The Morgan fingerprint density at radius 3 is 2.45 bits per heavy atom. The van der Waals surface area contributed by atoms with Gasteiger partial charge in [-0.2, -0.15) is 0 Å². The molecule has 0 saturated carbocycles. The molecule has 2 rings (SSSR count). The molecule has 0 unspecified atom stereocenters. The molecule has 0 bridgehead atoms. The molecular formula is C17H15NO2. The molecular weight excluding hydrogens is 250 g/mol. The Morgan fingerprint density at radius 1 is 1.00 bits per heavy atom. The number of hydrogen-bond donors (Lipinski definition) is 1. The fourth-order valence-electron chi connectivity index (χ4n) is 1.64. The van der Waals surface area contributed by atoms with Crippen LogP contribution in [-0.2, 0) is 6.42 Å². The van der Waals surface area contributed by atoms with Crippen LogP contribution in [0.3, 0.4) is 0 Å². The number of rotatable bonds is 4. The minimum Gasteiger partial charge on any atom is -0.481 e. The third-order valence-corrected chi connectivity index (χ3v) is 2.66. The largest absolute Gasteiger partial charge is 0.481 e. The molecule has 0 spiro atoms. The van der Waals surface area contributed by atoms with Crippen LogP contribution in [0.5, 0.6) is 5.75 Å². The third-order valence-electron chi connectivity index (χ3n) is 2.66. The van der Waals surface area contributed by atoms with Crippen LogP contribution in [0.1, 0.15) is 11.1 Å². The fourth-order valence-corrected chi connectivity index (χ4v) is 1.64. The molecule has 0 fully saturated rings. The molecule has 0 aromatic heterocycles. The molecule has 0 amide bonds. The second-order valence-corrected chi connectivity index (χ2v) is 4.12. The van der Waals surface area contributed by atoms with Crippen molar-refractivity contribution in [3.63, 3.8) is 0 Å². The topological polar surface area (TPSA) is 41.8 Å². The van der Waals surface area contributed by atoms with Gasteiger partial charge in [0.2, 0.25) is 0 Å². The molecule has 20 heavy (non-hydrogen) atoms. The molecule has 2 aromatic carbocycles. The lowest BCUT2D eigenvalue weighted by molar-refractivity contribution is 0.322. The maximum absolute atomic E-state index is 8.42. The first-order chi connectivity index (χ1) is 9.88. The van der Waals surface area contributed by atoms with Gasteiger partial charge in [-0.05, 0) is 23.3 Å². The van der Waals surface area contributed by atoms with Crippen molar-refractivity contribution in [1.29, 1.82) is 0 Å². The van der Waals surface area contributed by atoms with Gasteiger partial charge in [0.1, 0.15) is 12.4 Å². The van der Waals surface area contributed by atoms with Crippen molar-refractivity contribution in [2.24, 2.45) is 5.16 Å². The van der Waals surface area contributed by atoms with E-state index in [1.807, 2.05) is 54.6 Å². The summed E-state index contributed by atoms with van der Waals surface area (Å²) in [7, 11) is 0. The van der Waals surface area contributed by atoms with E-state index in [-0.39, 0.29) is 0 Å². The summed E-state index contributed by atoms with van der Waals surface area (Å²) in [5.74, 6) is 6.88. The van der Waals surface area contributed by atoms with Crippen LogP contribution < -0.4 is 4.74 Å². The normalized spacial score (nSPS) is 10.0. The molecule has 0 aliphatic rings. The summed E-state index contributed by atoms with van der Waals surface area (Å²) in [5.41, 5.74) is 1.98. The smallest absolute Gasteiger partial charge is 0.149 e. The highest BCUT2D eigenvalue weighted by atomic mass is 16.5. The number of ether oxygens (including phenoxy) is 1. The Labute approximate surface area is 118 Å². The Balaban J connectivity index is 1.79. The quantitative estimate of drug-likeness (QED) is 0.399. The van der Waals surface area contributed by atoms with Crippen LogP contribution in [0.2, 0.25) is 0 Å². The summed E-state index contributed by atoms with van der Waals surface area (Å²) < 4.78 is 5.48. The lowest BCUT2D eigenvalue weighted by Crippen LogP contribution is -1.93. The summed E-state index contributed by atoms with van der Waals surface area (Å²) in [4.78, 5) is 0. The first kappa shape index (κ1) is 13.7. The predicted molar refractivity (Wildman–Crippen MR) is 79.2 cm³/mol. The van der Waals surface area contributed by atoms with Gasteiger partial charge in [0, 0.05) is 6.42 Å². The van der Waals surface area contributed by atoms with Crippen molar-refractivity contribution in [2.45, 2.75) is 6.42 Å². The average Bonchev–Trinajstić information content (AvgIpc) is 2.50. The van der Waals surface area contributed by atoms with Crippen LogP contribution in [0.4, 0.5) is 0 Å². The minimum atomic E-state index is 0.388. The van der Waals surface area contributed by atoms with E-state index < -0.39 is 0 Å². The van der Waals surface area contributed by atoms with E-state index in [1.54, 1.807) is 0 Å². The van der Waals surface area contributed by atoms with Crippen molar-refractivity contribution in [1.82, 2.24) is 0 Å². The van der Waals surface area contributed by atoms with Crippen molar-refractivity contribution >= 4 is 6.21 Å². The Kier molecular flexibility index (Phi) is 5.24. The van der Waals surface area contributed by atoms with Crippen molar-refractivity contribution in [3.05, 3.63) is 65.7 Å². The first-order valence-corrected chi connectivity index (χ1v) is 6.28. The van der Waals surface area contributed by atoms with Crippen LogP contribution in [0, 0.1) is 11.8 Å². The van der Waals surface area contributed by atoms with Gasteiger partial charge in [-0.15, -0.1) is 0 Å². The molecule has 0 heterocycles. The van der Waals surface area contributed by atoms with Crippen LogP contribution in [0.25, 0.3) is 0 Å². The highest BCUT2D eigenvalue weighted by Crippen LogP contribution is 2.07. The van der Waals surface area contributed by atoms with Gasteiger partial charge in [0.15, 0.2) is 0 Å². The highest BCUT2D eigenvalue weighted by Gasteiger charge is 1.91. The summed E-state index contributed by atoms with van der Waals surface area (Å²) in [6.45, 7) is 0.388. The van der Waals surface area contributed by atoms with E-state index in [0.717, 1.165) is 16.9 Å². The van der Waals surface area contributed by atoms with E-state index in [0.29, 0.717) is 13.0 Å². The van der Waals surface area contributed by atoms with Crippen LogP contribution in [0.15, 0.2) is 59.8 Å². The van der Waals surface area contributed by atoms with Gasteiger partial charge >= 0.3 is 0 Å². The second kappa shape index (κ2) is 7.65. The average molecular weight is 265 g/mol. The van der Waals surface area contributed by atoms with Crippen molar-refractivity contribution < 1.29 is 9.94 Å². The van der Waals surface area contributed by atoms with Crippen molar-refractivity contribution in [3.8, 4) is 17.6 Å². The van der Waals surface area contributed by atoms with Gasteiger partial charge in [0.25, 0.3) is 0 Å². The van der Waals surface area contributed by atoms with E-state index in [1.165, 1.54) is 6.21 Å². The Hall–Kier alpha value is -2.73. The number of benzene rings is 2. The zero-order chi connectivity index (χ0) is 14.0. The summed E-state index contributed by atoms with van der Waals surface area (Å²) in [6.07, 6.45) is 2.07. The Bertz CT molecular complexity index is 607. The molecule has 3 heteroatoms. The first-order valence-electron chi connectivity index (χ1n) is 6.28. The molecule has 0 aliphatic heterocycles. The molecule has 0 radical (unpaired) electrons. The molecule has 0 saturated heterocycles. The predicted octanol–water partition coefficient (Wildman–Crippen LogP) is 3.12. The second-order valence-electron chi connectivity index (χ2n) is 4.12. The molecule has 0 atom stereocenters. The highest BCUT2D eigenvalue weighted by molar-refractivity contribution is 5.78. The molecule has 3 nitrogen and oxygen atoms in total. The van der Waals surface area contributed by atoms with Gasteiger partial charge in [0.05, 0.1) is 6.21 Å². The summed E-state index contributed by atoms with van der Waals surface area (Å²) in [5, 5.41) is 11.4. The van der Waals surface area contributed by atoms with Crippen LogP contribution >= 0.6 is 0 Å². The molecule has 1 N–H and O–H groups in total. The monoisotopic (exact) mass is 265 g/mol. The maximum atomic E-state index is 8.42. The van der Waals surface area contributed by atoms with Gasteiger partial charge in [-0.3, -0.25) is 0 Å². The van der Waals surface area contributed by atoms with Gasteiger partial charge in [-0.1, -0.05) is 59.5 Å². The number of nitrogens with zero attached hydrogens (tertiary/aromatic N) is 1. The Morgan fingerprint density at radius 2 is 1.75 bits per heavy atom. The van der Waals surface area contributed by atoms with E-state index >= 15 is 0 Å². The van der Waals surface area contributed by atoms with E-state index in [2.05, 4.69) is 17.0 Å². The van der Waals surface area contributed by atoms with Gasteiger partial charge in [-0.25, -0.2) is 0 Å². The zero-order valence-electron chi connectivity index (χ0n) is 11.0. The molecule has 0 aliphatic carbocycles. The lowest BCUT2D eigenvalue weighted by atomic mass is 10.1. The lowest BCUT2D eigenvalue weighted by Gasteiger charge is -1.99. The van der Waals surface area contributed by atoms with Crippen molar-refractivity contribution in [2.75, 3.05) is 6.61 Å². The van der Waals surface area contributed by atoms with Crippen LogP contribution in [-0.4, -0.2) is 18.0 Å². The third kappa shape index (κ3) is 4.51. The summed E-state index contributed by atoms with van der Waals surface area (Å²) >= 11 is 0. The SMILES string of the molecule is O/N=C/c1ccc(CC#CCOc2ccccc2)cc1. The minimum absolute atomic E-state index is 0.388. The maximum Gasteiger partial charge on any atom is 0.149 e. The van der Waals surface area contributed by atoms with E-state index in [4.69, 9.17) is 9.94 Å². The number of hydrogen-bond acceptors (Lipinski definition) is 3. The standard InChI is InChI=1S/C17H15NO2/c19-18-14-16-11-9-15(10-12-16)6-4-5-13-20-17-7-2-1-3-8-17/h1-3,7-12,14,19H,6,13H2/b18-14+. The number of oxime groups is 1. The van der Waals surface area contributed by atoms with E-state index in [9.17, 15) is 0 Å². The zero-order valence-corrected chi connectivity index (χ0v) is 11.0. The number of para-hydroxylation sites is 1.